The van der Waals surface area contributed by atoms with E-state index in [-0.39, 0.29) is 75.1 Å². The SMILES string of the molecule is O=C(CCCSSCCNC(=O)C[n+]1ccccc1/C=C/c1ccc(N(CCO)CCO)cc1)C[n+]1ccccc1/C=C/c1ccc(N(CCO)CCO)cc1.O=C(CCCSSCCNC(=O)C[n+]1ccccc1/C=C/c1ccc(N2CCC(O)C2)cc1)C[n+]1ccccc1/C=C/c1ccc(N2CCC(O)C2)cc1. The van der Waals surface area contributed by atoms with Crippen LogP contribution in [0.1, 0.15) is 83.6 Å². The van der Waals surface area contributed by atoms with Crippen molar-refractivity contribution in [1.29, 1.82) is 0 Å². The van der Waals surface area contributed by atoms with Gasteiger partial charge in [-0.1, -0.05) is 91.7 Å². The molecule has 2 fully saturated rings. The number of aliphatic hydroxyl groups is 6. The molecule has 0 radical (unpaired) electrons. The van der Waals surface area contributed by atoms with E-state index < -0.39 is 0 Å². The fourth-order valence-electron chi connectivity index (χ4n) is 12.5. The number of hydrogen-bond acceptors (Lipinski definition) is 18. The number of rotatable bonds is 44. The zero-order valence-corrected chi connectivity index (χ0v) is 65.8. The molecule has 6 heterocycles. The fourth-order valence-corrected chi connectivity index (χ4v) is 16.5. The summed E-state index contributed by atoms with van der Waals surface area (Å²) < 4.78 is 7.81. The van der Waals surface area contributed by atoms with Crippen LogP contribution in [-0.4, -0.2) is 181 Å². The Hall–Kier alpha value is -8.92. The number of nitrogens with one attached hydrogen (secondary N) is 2. The van der Waals surface area contributed by atoms with Gasteiger partial charge in [-0.05, 0) is 145 Å². The maximum Gasteiger partial charge on any atom is 0.286 e. The van der Waals surface area contributed by atoms with E-state index in [1.165, 1.54) is 0 Å². The Morgan fingerprint density at radius 1 is 0.391 bits per heavy atom. The predicted molar refractivity (Wildman–Crippen MR) is 451 cm³/mol. The molecule has 2 aliphatic heterocycles. The van der Waals surface area contributed by atoms with E-state index in [1.807, 2.05) is 211 Å². The number of benzene rings is 4. The summed E-state index contributed by atoms with van der Waals surface area (Å²) >= 11 is 0. The summed E-state index contributed by atoms with van der Waals surface area (Å²) in [7, 11) is 6.87. The van der Waals surface area contributed by atoms with Crippen LogP contribution in [0.2, 0.25) is 0 Å². The number of nitrogens with zero attached hydrogens (tertiary/aromatic N) is 8. The van der Waals surface area contributed by atoms with Gasteiger partial charge in [-0.25, -0.2) is 0 Å². The van der Waals surface area contributed by atoms with Gasteiger partial charge < -0.3 is 60.9 Å². The van der Waals surface area contributed by atoms with E-state index in [1.54, 1.807) is 43.2 Å². The van der Waals surface area contributed by atoms with E-state index in [0.717, 1.165) is 130 Å². The van der Waals surface area contributed by atoms with Crippen LogP contribution in [0.15, 0.2) is 195 Å². The van der Waals surface area contributed by atoms with Crippen LogP contribution in [0, 0.1) is 0 Å². The average molecular weight is 1570 g/mol. The molecule has 0 bridgehead atoms. The first-order valence-corrected chi connectivity index (χ1v) is 42.7. The van der Waals surface area contributed by atoms with Crippen LogP contribution in [0.25, 0.3) is 48.6 Å². The largest absolute Gasteiger partial charge is 0.395 e. The Kier molecular flexibility index (Phi) is 37.1. The highest BCUT2D eigenvalue weighted by Gasteiger charge is 2.23. The standard InChI is InChI=1S/C43H54N5O6S2.C43H50N5O4S2/c49-28-24-45(25-29-50)40-17-11-36(12-18-40)9-15-38-6-1-3-22-47(38)34-42(53)8-5-32-55-56-33-21-44-43(54)35-48-23-4-2-7-39(48)16-10-37-13-19-41(20-14-37)46(26-30-51)27-31-52;49-40(30-45-24-3-1-6-36(45)15-9-34-11-17-38(18-12-34)47-26-21-41(50)31-47)8-5-28-53-54-29-23-44-43(52)33-46-25-4-2-7-37(46)16-10-35-13-19-39(20-14-35)48-27-22-42(51)32-48/h1-4,6-7,9-20,22-23,49-52H,5,8,21,24-35H2;1-4,6-7,9-20,24-25,41-42,50-51H,5,8,21-23,26-33H2/q2*+1/p+2. The first-order valence-electron chi connectivity index (χ1n) is 37.7. The molecule has 24 heteroatoms. The van der Waals surface area contributed by atoms with Crippen molar-refractivity contribution in [3.63, 3.8) is 0 Å². The van der Waals surface area contributed by atoms with E-state index in [9.17, 15) is 49.8 Å². The molecule has 110 heavy (non-hydrogen) atoms. The van der Waals surface area contributed by atoms with E-state index in [2.05, 4.69) is 81.1 Å². The van der Waals surface area contributed by atoms with E-state index in [0.29, 0.717) is 78.3 Å². The van der Waals surface area contributed by atoms with Crippen LogP contribution in [0.5, 0.6) is 0 Å². The highest BCUT2D eigenvalue weighted by Crippen LogP contribution is 2.26. The van der Waals surface area contributed by atoms with Gasteiger partial charge in [-0.15, -0.1) is 0 Å². The summed E-state index contributed by atoms with van der Waals surface area (Å²) in [6.45, 7) is 7.27. The van der Waals surface area contributed by atoms with Crippen molar-refractivity contribution in [2.75, 3.05) is 134 Å². The van der Waals surface area contributed by atoms with Gasteiger partial charge in [0.1, 0.15) is 0 Å². The van der Waals surface area contributed by atoms with Crippen LogP contribution < -0.4 is 48.5 Å². The monoisotopic (exact) mass is 1570 g/mol. The van der Waals surface area contributed by atoms with Gasteiger partial charge in [0.15, 0.2) is 36.4 Å². The minimum atomic E-state index is -0.245. The van der Waals surface area contributed by atoms with Gasteiger partial charge in [-0.3, -0.25) is 19.2 Å². The number of hydrogen-bond donors (Lipinski definition) is 8. The molecular formula is C86H106N10O10S4+4. The third-order valence-corrected chi connectivity index (χ3v) is 23.4. The molecule has 4 aromatic carbocycles. The first-order chi connectivity index (χ1) is 53.8. The lowest BCUT2D eigenvalue weighted by atomic mass is 10.1. The summed E-state index contributed by atoms with van der Waals surface area (Å²) in [5.41, 5.74) is 12.0. The summed E-state index contributed by atoms with van der Waals surface area (Å²) in [6.07, 6.45) is 27.6. The van der Waals surface area contributed by atoms with E-state index >= 15 is 0 Å². The Labute approximate surface area is 663 Å². The molecule has 2 unspecified atom stereocenters. The smallest absolute Gasteiger partial charge is 0.286 e. The molecule has 2 atom stereocenters. The van der Waals surface area contributed by atoms with Crippen LogP contribution in [0.3, 0.4) is 0 Å². The Morgan fingerprint density at radius 3 is 0.991 bits per heavy atom. The lowest BCUT2D eigenvalue weighted by Crippen LogP contribution is -2.45. The normalized spacial score (nSPS) is 14.2. The highest BCUT2D eigenvalue weighted by molar-refractivity contribution is 8.77. The molecule has 580 valence electrons. The van der Waals surface area contributed by atoms with Crippen LogP contribution in [0.4, 0.5) is 22.7 Å². The molecule has 2 saturated heterocycles. The number of β-amino-alcohol motifs (C(OH)–C–C–N with tert-alkyl or cyclic N) is 2. The van der Waals surface area contributed by atoms with Crippen molar-refractivity contribution in [2.45, 2.75) is 76.9 Å². The number of carbonyl (C=O) groups is 4. The molecule has 8 aromatic rings. The number of aromatic nitrogens is 4. The second kappa shape index (κ2) is 48.0. The maximum absolute atomic E-state index is 12.8. The molecule has 0 saturated carbocycles. The number of ketones is 2. The fraction of sp³-hybridized carbons (Fsp3) is 0.349. The van der Waals surface area contributed by atoms with Crippen molar-refractivity contribution in [1.82, 2.24) is 10.6 Å². The van der Waals surface area contributed by atoms with Gasteiger partial charge >= 0.3 is 0 Å². The Morgan fingerprint density at radius 2 is 0.691 bits per heavy atom. The second-order valence-electron chi connectivity index (χ2n) is 26.6. The average Bonchev–Trinajstić information content (AvgIpc) is 1.51. The topological polar surface area (TPSA) is 242 Å². The molecular weight excluding hydrogens is 1460 g/mol. The van der Waals surface area contributed by atoms with Crippen molar-refractivity contribution >= 4 is 138 Å². The maximum atomic E-state index is 12.8. The minimum absolute atomic E-state index is 0.0159. The lowest BCUT2D eigenvalue weighted by molar-refractivity contribution is -0.686. The van der Waals surface area contributed by atoms with Crippen molar-refractivity contribution < 1.29 is 68.1 Å². The number of amides is 2. The van der Waals surface area contributed by atoms with Crippen molar-refractivity contribution in [3.8, 4) is 0 Å². The molecule has 2 amide bonds. The Balaban J connectivity index is 0.000000253. The molecule has 4 aromatic heterocycles. The van der Waals surface area contributed by atoms with Gasteiger partial charge in [0.25, 0.3) is 11.8 Å². The Bertz CT molecular complexity index is 3970. The summed E-state index contributed by atoms with van der Waals surface area (Å²) in [4.78, 5) is 59.5. The predicted octanol–water partition coefficient (Wildman–Crippen LogP) is 9.02. The number of pyridine rings is 4. The summed E-state index contributed by atoms with van der Waals surface area (Å²) in [5.74, 6) is 3.58. The highest BCUT2D eigenvalue weighted by atomic mass is 33.1. The second-order valence-corrected chi connectivity index (χ2v) is 32.0. The molecule has 0 aliphatic carbocycles. The molecule has 0 spiro atoms. The third-order valence-electron chi connectivity index (χ3n) is 18.4. The summed E-state index contributed by atoms with van der Waals surface area (Å²) in [5, 5.41) is 62.9. The number of Topliss-reactive ketones (excluding diaryl/α,β-unsaturated/α-hetero) is 2. The number of carbonyl (C=O) groups excluding carboxylic acids is 4. The zero-order valence-electron chi connectivity index (χ0n) is 62.6. The quantitative estimate of drug-likeness (QED) is 0.0101. The molecule has 20 nitrogen and oxygen atoms in total. The molecule has 10 rings (SSSR count). The van der Waals surface area contributed by atoms with Crippen molar-refractivity contribution in [3.05, 3.63) is 240 Å². The van der Waals surface area contributed by atoms with Crippen LogP contribution >= 0.6 is 43.2 Å². The van der Waals surface area contributed by atoms with Gasteiger partial charge in [0.05, 0.1) is 38.6 Å². The van der Waals surface area contributed by atoms with Gasteiger partial charge in [-0.2, -0.15) is 18.3 Å². The number of anilines is 4. The van der Waals surface area contributed by atoms with Crippen LogP contribution in [-0.2, 0) is 45.4 Å². The van der Waals surface area contributed by atoms with E-state index in [4.69, 9.17) is 0 Å². The first kappa shape index (κ1) is 85.1. The third kappa shape index (κ3) is 29.7. The summed E-state index contributed by atoms with van der Waals surface area (Å²) in [6, 6.07) is 56.1. The zero-order chi connectivity index (χ0) is 77.3. The number of aliphatic hydroxyl groups excluding tert-OH is 6. The van der Waals surface area contributed by atoms with Gasteiger partial charge in [0, 0.05) is 197 Å². The van der Waals surface area contributed by atoms with Gasteiger partial charge in [0.2, 0.25) is 49.0 Å². The van der Waals surface area contributed by atoms with Crippen molar-refractivity contribution in [2.24, 2.45) is 0 Å². The molecule has 2 aliphatic rings. The minimum Gasteiger partial charge on any atom is -0.395 e. The molecule has 8 N–H and O–H groups in total. The lowest BCUT2D eigenvalue weighted by Gasteiger charge is -2.22.